The molecule has 0 aliphatic heterocycles. The second-order valence-corrected chi connectivity index (χ2v) is 5.82. The zero-order chi connectivity index (χ0) is 16.8. The Morgan fingerprint density at radius 2 is 2.04 bits per heavy atom. The number of nitrogens with zero attached hydrogens (tertiary/aromatic N) is 3. The number of nitrogens with one attached hydrogen (secondary N) is 2. The van der Waals surface area contributed by atoms with E-state index in [9.17, 15) is 4.79 Å². The largest absolute Gasteiger partial charge is 0.369 e. The smallest absolute Gasteiger partial charge is 0.274 e. The number of halogens is 1. The highest BCUT2D eigenvalue weighted by Gasteiger charge is 2.11. The molecule has 0 fully saturated rings. The van der Waals surface area contributed by atoms with Crippen molar-refractivity contribution in [2.24, 2.45) is 0 Å². The van der Waals surface area contributed by atoms with Gasteiger partial charge in [0.15, 0.2) is 0 Å². The van der Waals surface area contributed by atoms with Gasteiger partial charge in [0.2, 0.25) is 0 Å². The van der Waals surface area contributed by atoms with E-state index in [0.717, 1.165) is 13.1 Å². The molecule has 6 nitrogen and oxygen atoms in total. The zero-order valence-electron chi connectivity index (χ0n) is 13.4. The normalized spacial score (nSPS) is 10.7. The maximum atomic E-state index is 12.3. The molecule has 1 heterocycles. The van der Waals surface area contributed by atoms with Gasteiger partial charge in [0.05, 0.1) is 0 Å². The van der Waals surface area contributed by atoms with Gasteiger partial charge in [0, 0.05) is 29.9 Å². The SMILES string of the molecule is Cc1nc(NCCN(C)C)cc(C(=O)Nc2cccc(Cl)c2)n1. The molecule has 0 unspecified atom stereocenters. The van der Waals surface area contributed by atoms with Gasteiger partial charge in [-0.15, -0.1) is 0 Å². The molecule has 1 aromatic heterocycles. The Hall–Kier alpha value is -2.18. The van der Waals surface area contributed by atoms with Crippen LogP contribution in [0.1, 0.15) is 16.3 Å². The van der Waals surface area contributed by atoms with Crippen LogP contribution in [0.5, 0.6) is 0 Å². The van der Waals surface area contributed by atoms with Crippen LogP contribution in [0.4, 0.5) is 11.5 Å². The van der Waals surface area contributed by atoms with Crippen molar-refractivity contribution in [1.29, 1.82) is 0 Å². The van der Waals surface area contributed by atoms with Gasteiger partial charge in [-0.25, -0.2) is 9.97 Å². The molecule has 0 bridgehead atoms. The summed E-state index contributed by atoms with van der Waals surface area (Å²) in [5.41, 5.74) is 0.936. The first kappa shape index (κ1) is 17.2. The van der Waals surface area contributed by atoms with E-state index in [-0.39, 0.29) is 5.91 Å². The van der Waals surface area contributed by atoms with Crippen molar-refractivity contribution < 1.29 is 4.79 Å². The second kappa shape index (κ2) is 7.89. The summed E-state index contributed by atoms with van der Waals surface area (Å²) in [5.74, 6) is 0.875. The van der Waals surface area contributed by atoms with E-state index in [4.69, 9.17) is 11.6 Å². The summed E-state index contributed by atoms with van der Waals surface area (Å²) in [4.78, 5) is 22.9. The van der Waals surface area contributed by atoms with Crippen molar-refractivity contribution in [3.63, 3.8) is 0 Å². The number of aryl methyl sites for hydroxylation is 1. The summed E-state index contributed by atoms with van der Waals surface area (Å²) in [5, 5.41) is 6.53. The van der Waals surface area contributed by atoms with E-state index < -0.39 is 0 Å². The highest BCUT2D eigenvalue weighted by atomic mass is 35.5. The molecule has 1 aromatic carbocycles. The molecular formula is C16H20ClN5O. The van der Waals surface area contributed by atoms with Gasteiger partial charge in [-0.1, -0.05) is 17.7 Å². The molecule has 0 saturated carbocycles. The zero-order valence-corrected chi connectivity index (χ0v) is 14.2. The average molecular weight is 334 g/mol. The lowest BCUT2D eigenvalue weighted by atomic mass is 10.3. The van der Waals surface area contributed by atoms with Crippen LogP contribution in [0.2, 0.25) is 5.02 Å². The monoisotopic (exact) mass is 333 g/mol. The molecule has 0 radical (unpaired) electrons. The molecule has 23 heavy (non-hydrogen) atoms. The Kier molecular flexibility index (Phi) is 5.90. The van der Waals surface area contributed by atoms with Crippen molar-refractivity contribution >= 4 is 29.0 Å². The van der Waals surface area contributed by atoms with E-state index >= 15 is 0 Å². The predicted octanol–water partition coefficient (Wildman–Crippen LogP) is 2.66. The number of anilines is 2. The number of hydrogen-bond acceptors (Lipinski definition) is 5. The minimum Gasteiger partial charge on any atom is -0.369 e. The van der Waals surface area contributed by atoms with Gasteiger partial charge in [0.1, 0.15) is 17.3 Å². The van der Waals surface area contributed by atoms with Crippen molar-refractivity contribution in [3.05, 3.63) is 46.9 Å². The number of benzene rings is 1. The Bertz CT molecular complexity index is 690. The minimum absolute atomic E-state index is 0.298. The third kappa shape index (κ3) is 5.50. The number of hydrogen-bond donors (Lipinski definition) is 2. The number of amides is 1. The van der Waals surface area contributed by atoms with Crippen LogP contribution in [0.3, 0.4) is 0 Å². The fourth-order valence-corrected chi connectivity index (χ4v) is 2.13. The van der Waals surface area contributed by atoms with Crippen LogP contribution < -0.4 is 10.6 Å². The lowest BCUT2D eigenvalue weighted by Crippen LogP contribution is -2.22. The van der Waals surface area contributed by atoms with E-state index in [0.29, 0.717) is 28.0 Å². The molecule has 0 aliphatic carbocycles. The number of rotatable bonds is 6. The van der Waals surface area contributed by atoms with Gasteiger partial charge in [-0.2, -0.15) is 0 Å². The van der Waals surface area contributed by atoms with E-state index in [1.54, 1.807) is 37.3 Å². The summed E-state index contributed by atoms with van der Waals surface area (Å²) in [6.07, 6.45) is 0. The molecule has 2 rings (SSSR count). The number of carbonyl (C=O) groups excluding carboxylic acids is 1. The third-order valence-electron chi connectivity index (χ3n) is 3.02. The van der Waals surface area contributed by atoms with E-state index in [1.165, 1.54) is 0 Å². The van der Waals surface area contributed by atoms with Gasteiger partial charge in [-0.3, -0.25) is 4.79 Å². The maximum Gasteiger partial charge on any atom is 0.274 e. The Labute approximate surface area is 140 Å². The average Bonchev–Trinajstić information content (AvgIpc) is 2.46. The summed E-state index contributed by atoms with van der Waals surface area (Å²) in [7, 11) is 3.99. The van der Waals surface area contributed by atoms with Crippen molar-refractivity contribution in [2.45, 2.75) is 6.92 Å². The van der Waals surface area contributed by atoms with Gasteiger partial charge < -0.3 is 15.5 Å². The number of carbonyl (C=O) groups is 1. The summed E-state index contributed by atoms with van der Waals surface area (Å²) in [6, 6.07) is 8.62. The van der Waals surface area contributed by atoms with Crippen LogP contribution in [0.15, 0.2) is 30.3 Å². The standard InChI is InChI=1S/C16H20ClN5O/c1-11-19-14(10-15(20-11)18-7-8-22(2)3)16(23)21-13-6-4-5-12(17)9-13/h4-6,9-10H,7-8H2,1-3H3,(H,21,23)(H,18,19,20). The van der Waals surface area contributed by atoms with Crippen LogP contribution >= 0.6 is 11.6 Å². The Morgan fingerprint density at radius 1 is 1.26 bits per heavy atom. The van der Waals surface area contributed by atoms with Gasteiger partial charge in [0.25, 0.3) is 5.91 Å². The summed E-state index contributed by atoms with van der Waals surface area (Å²) < 4.78 is 0. The molecule has 0 spiro atoms. The molecule has 0 aliphatic rings. The highest BCUT2D eigenvalue weighted by molar-refractivity contribution is 6.30. The van der Waals surface area contributed by atoms with Crippen LogP contribution in [0.25, 0.3) is 0 Å². The first-order valence-electron chi connectivity index (χ1n) is 7.25. The molecule has 2 aromatic rings. The van der Waals surface area contributed by atoms with Crippen molar-refractivity contribution in [2.75, 3.05) is 37.8 Å². The molecular weight excluding hydrogens is 314 g/mol. The summed E-state index contributed by atoms with van der Waals surface area (Å²) >= 11 is 5.92. The van der Waals surface area contributed by atoms with Crippen LogP contribution in [0, 0.1) is 6.92 Å². The maximum absolute atomic E-state index is 12.3. The number of likely N-dealkylation sites (N-methyl/N-ethyl adjacent to an activating group) is 1. The molecule has 7 heteroatoms. The first-order valence-corrected chi connectivity index (χ1v) is 7.63. The topological polar surface area (TPSA) is 70.2 Å². The van der Waals surface area contributed by atoms with Gasteiger partial charge >= 0.3 is 0 Å². The lowest BCUT2D eigenvalue weighted by Gasteiger charge is -2.12. The first-order chi connectivity index (χ1) is 10.9. The number of aromatic nitrogens is 2. The quantitative estimate of drug-likeness (QED) is 0.850. The van der Waals surface area contributed by atoms with Crippen LogP contribution in [-0.4, -0.2) is 48.0 Å². The van der Waals surface area contributed by atoms with Crippen molar-refractivity contribution in [3.8, 4) is 0 Å². The lowest BCUT2D eigenvalue weighted by molar-refractivity contribution is 0.102. The highest BCUT2D eigenvalue weighted by Crippen LogP contribution is 2.16. The predicted molar refractivity (Wildman–Crippen MR) is 93.2 cm³/mol. The molecule has 0 atom stereocenters. The second-order valence-electron chi connectivity index (χ2n) is 5.38. The Balaban J connectivity index is 2.09. The molecule has 122 valence electrons. The third-order valence-corrected chi connectivity index (χ3v) is 3.25. The van der Waals surface area contributed by atoms with E-state index in [2.05, 4.69) is 25.5 Å². The summed E-state index contributed by atoms with van der Waals surface area (Å²) in [6.45, 7) is 3.36. The fourth-order valence-electron chi connectivity index (χ4n) is 1.94. The fraction of sp³-hybridized carbons (Fsp3) is 0.312. The van der Waals surface area contributed by atoms with E-state index in [1.807, 2.05) is 14.1 Å². The molecule has 0 saturated heterocycles. The molecule has 1 amide bonds. The minimum atomic E-state index is -0.298. The molecule has 2 N–H and O–H groups in total. The van der Waals surface area contributed by atoms with Gasteiger partial charge in [-0.05, 0) is 39.2 Å². The Morgan fingerprint density at radius 3 is 2.74 bits per heavy atom. The van der Waals surface area contributed by atoms with Crippen molar-refractivity contribution in [1.82, 2.24) is 14.9 Å². The van der Waals surface area contributed by atoms with Crippen LogP contribution in [-0.2, 0) is 0 Å².